The number of ether oxygens (including phenoxy) is 3. The van der Waals surface area contributed by atoms with Crippen LogP contribution in [0.25, 0.3) is 0 Å². The van der Waals surface area contributed by atoms with Gasteiger partial charge in [0, 0.05) is 6.54 Å². The number of carbonyl (C=O) groups excluding carboxylic acids is 2. The van der Waals surface area contributed by atoms with Gasteiger partial charge in [-0.2, -0.15) is 0 Å². The van der Waals surface area contributed by atoms with E-state index in [1.807, 2.05) is 33.8 Å². The Morgan fingerprint density at radius 3 is 2.38 bits per heavy atom. The van der Waals surface area contributed by atoms with Crippen molar-refractivity contribution in [2.24, 2.45) is 17.6 Å². The highest BCUT2D eigenvalue weighted by Gasteiger charge is 2.23. The quantitative estimate of drug-likeness (QED) is 0.225. The van der Waals surface area contributed by atoms with E-state index in [9.17, 15) is 14.7 Å². The first-order valence-electron chi connectivity index (χ1n) is 11.2. The lowest BCUT2D eigenvalue weighted by Crippen LogP contribution is -2.28. The second kappa shape index (κ2) is 14.1. The average molecular weight is 453 g/mol. The zero-order valence-electron chi connectivity index (χ0n) is 20.1. The molecule has 0 radical (unpaired) electrons. The Balaban J connectivity index is 2.50. The number of anilines is 1. The molecule has 0 aliphatic rings. The zero-order chi connectivity index (χ0) is 24.1. The fourth-order valence-electron chi connectivity index (χ4n) is 3.18. The minimum absolute atomic E-state index is 0.00739. The number of amides is 1. The summed E-state index contributed by atoms with van der Waals surface area (Å²) in [6, 6.07) is 5.16. The van der Waals surface area contributed by atoms with Gasteiger partial charge >= 0.3 is 5.97 Å². The summed E-state index contributed by atoms with van der Waals surface area (Å²) in [5.41, 5.74) is 6.16. The highest BCUT2D eigenvalue weighted by Crippen LogP contribution is 2.27. The lowest BCUT2D eigenvalue weighted by molar-refractivity contribution is -0.159. The van der Waals surface area contributed by atoms with Crippen molar-refractivity contribution in [3.63, 3.8) is 0 Å². The van der Waals surface area contributed by atoms with Crippen molar-refractivity contribution in [3.05, 3.63) is 23.8 Å². The first-order chi connectivity index (χ1) is 15.0. The number of carbonyl (C=O) groups is 2. The van der Waals surface area contributed by atoms with Gasteiger partial charge in [-0.15, -0.1) is 0 Å². The van der Waals surface area contributed by atoms with Crippen molar-refractivity contribution in [1.29, 1.82) is 0 Å². The molecule has 1 aromatic rings. The molecule has 8 nitrogen and oxygen atoms in total. The average Bonchev–Trinajstić information content (AvgIpc) is 2.68. The van der Waals surface area contributed by atoms with Crippen molar-refractivity contribution >= 4 is 17.6 Å². The van der Waals surface area contributed by atoms with Gasteiger partial charge in [-0.3, -0.25) is 9.59 Å². The van der Waals surface area contributed by atoms with E-state index in [-0.39, 0.29) is 42.5 Å². The van der Waals surface area contributed by atoms with Gasteiger partial charge in [0.1, 0.15) is 11.4 Å². The molecule has 0 spiro atoms. The third-order valence-electron chi connectivity index (χ3n) is 4.59. The third-order valence-corrected chi connectivity index (χ3v) is 4.59. The summed E-state index contributed by atoms with van der Waals surface area (Å²) in [5.74, 6) is -0.419. The Kier molecular flexibility index (Phi) is 12.3. The molecule has 1 rings (SSSR count). The van der Waals surface area contributed by atoms with E-state index in [0.29, 0.717) is 44.9 Å². The molecule has 4 N–H and O–H groups in total. The molecule has 0 aromatic heterocycles. The summed E-state index contributed by atoms with van der Waals surface area (Å²) in [6.45, 7) is 11.6. The van der Waals surface area contributed by atoms with E-state index in [0.717, 1.165) is 5.56 Å². The fraction of sp³-hybridized carbons (Fsp3) is 0.667. The topological polar surface area (TPSA) is 120 Å². The van der Waals surface area contributed by atoms with Crippen molar-refractivity contribution in [1.82, 2.24) is 0 Å². The summed E-state index contributed by atoms with van der Waals surface area (Å²) in [5, 5.41) is 12.8. The smallest absolute Gasteiger partial charge is 0.309 e. The molecule has 8 heteroatoms. The third kappa shape index (κ3) is 12.0. The van der Waals surface area contributed by atoms with Crippen LogP contribution < -0.4 is 11.1 Å². The Hall–Kier alpha value is -2.16. The number of nitrogens with two attached hydrogens (primary N) is 1. The molecule has 1 amide bonds. The van der Waals surface area contributed by atoms with Crippen LogP contribution in [0.2, 0.25) is 0 Å². The van der Waals surface area contributed by atoms with Crippen LogP contribution in [0.5, 0.6) is 5.75 Å². The maximum absolute atomic E-state index is 12.2. The van der Waals surface area contributed by atoms with Crippen LogP contribution in [0.3, 0.4) is 0 Å². The van der Waals surface area contributed by atoms with Gasteiger partial charge in [0.25, 0.3) is 0 Å². The number of phenols is 1. The number of aromatic hydroxyl groups is 1. The van der Waals surface area contributed by atoms with Crippen LogP contribution in [0, 0.1) is 11.8 Å². The predicted molar refractivity (Wildman–Crippen MR) is 125 cm³/mol. The molecule has 0 heterocycles. The van der Waals surface area contributed by atoms with E-state index in [4.69, 9.17) is 19.9 Å². The van der Waals surface area contributed by atoms with E-state index in [1.165, 1.54) is 0 Å². The van der Waals surface area contributed by atoms with Crippen LogP contribution in [-0.2, 0) is 30.2 Å². The second-order valence-electron chi connectivity index (χ2n) is 9.14. The Bertz CT molecular complexity index is 717. The summed E-state index contributed by atoms with van der Waals surface area (Å²) >= 11 is 0. The van der Waals surface area contributed by atoms with E-state index in [2.05, 4.69) is 12.2 Å². The number of hydrogen-bond acceptors (Lipinski definition) is 7. The molecule has 0 aliphatic carbocycles. The highest BCUT2D eigenvalue weighted by atomic mass is 16.6. The number of benzene rings is 1. The van der Waals surface area contributed by atoms with E-state index < -0.39 is 5.60 Å². The molecule has 1 aromatic carbocycles. The van der Waals surface area contributed by atoms with Gasteiger partial charge in [-0.05, 0) is 57.2 Å². The van der Waals surface area contributed by atoms with Gasteiger partial charge in [0.05, 0.1) is 44.5 Å². The molecule has 0 fully saturated rings. The number of phenolic OH excluding ortho intramolecular Hbond substituents is 1. The second-order valence-corrected chi connectivity index (χ2v) is 9.14. The van der Waals surface area contributed by atoms with E-state index >= 15 is 0 Å². The summed E-state index contributed by atoms with van der Waals surface area (Å²) < 4.78 is 16.0. The number of rotatable bonds is 14. The monoisotopic (exact) mass is 452 g/mol. The van der Waals surface area contributed by atoms with Gasteiger partial charge in [-0.1, -0.05) is 19.9 Å². The molecule has 0 saturated heterocycles. The summed E-state index contributed by atoms with van der Waals surface area (Å²) in [7, 11) is 0. The minimum Gasteiger partial charge on any atom is -0.506 e. The molecular weight excluding hydrogens is 412 g/mol. The van der Waals surface area contributed by atoms with Crippen LogP contribution in [0.15, 0.2) is 18.2 Å². The highest BCUT2D eigenvalue weighted by molar-refractivity contribution is 5.92. The Morgan fingerprint density at radius 2 is 1.75 bits per heavy atom. The van der Waals surface area contributed by atoms with Crippen LogP contribution >= 0.6 is 0 Å². The number of hydrogen-bond donors (Lipinski definition) is 3. The molecule has 1 unspecified atom stereocenters. The van der Waals surface area contributed by atoms with Gasteiger partial charge < -0.3 is 30.4 Å². The summed E-state index contributed by atoms with van der Waals surface area (Å²) in [6.07, 6.45) is 1.57. The van der Waals surface area contributed by atoms with Crippen molar-refractivity contribution in [2.75, 3.05) is 38.3 Å². The number of esters is 1. The molecule has 2 atom stereocenters. The molecule has 0 aliphatic heterocycles. The van der Waals surface area contributed by atoms with Crippen LogP contribution in [-0.4, -0.2) is 55.6 Å². The maximum Gasteiger partial charge on any atom is 0.309 e. The zero-order valence-corrected chi connectivity index (χ0v) is 20.1. The van der Waals surface area contributed by atoms with Crippen molar-refractivity contribution in [3.8, 4) is 5.75 Å². The Labute approximate surface area is 191 Å². The fourth-order valence-corrected chi connectivity index (χ4v) is 3.18. The summed E-state index contributed by atoms with van der Waals surface area (Å²) in [4.78, 5) is 24.4. The minimum atomic E-state index is -0.498. The number of nitrogens with one attached hydrogen (secondary N) is 1. The van der Waals surface area contributed by atoms with Crippen LogP contribution in [0.4, 0.5) is 5.69 Å². The first-order valence-corrected chi connectivity index (χ1v) is 11.2. The largest absolute Gasteiger partial charge is 0.506 e. The van der Waals surface area contributed by atoms with Crippen LogP contribution in [0.1, 0.15) is 53.0 Å². The maximum atomic E-state index is 12.2. The van der Waals surface area contributed by atoms with Gasteiger partial charge in [0.2, 0.25) is 5.91 Å². The molecule has 0 saturated carbocycles. The SMILES string of the molecule is CC(C[C@@H](C)Cc1ccc(O)c(NC(=O)CCOCCOCCN)c1)C(=O)OC(C)(C)C. The molecule has 0 bridgehead atoms. The lowest BCUT2D eigenvalue weighted by Gasteiger charge is -2.23. The van der Waals surface area contributed by atoms with Gasteiger partial charge in [-0.25, -0.2) is 0 Å². The van der Waals surface area contributed by atoms with Gasteiger partial charge in [0.15, 0.2) is 0 Å². The van der Waals surface area contributed by atoms with E-state index in [1.54, 1.807) is 12.1 Å². The van der Waals surface area contributed by atoms with Crippen molar-refractivity contribution in [2.45, 2.75) is 59.5 Å². The normalized spacial score (nSPS) is 13.4. The lowest BCUT2D eigenvalue weighted by atomic mass is 9.91. The molecule has 182 valence electrons. The Morgan fingerprint density at radius 1 is 1.09 bits per heavy atom. The molecular formula is C24H40N2O6. The first kappa shape index (κ1) is 27.9. The standard InChI is InChI=1S/C24H40N2O6/c1-17(14-18(2)23(29)32-24(3,4)5)15-19-6-7-21(27)20(16-19)26-22(28)8-10-30-12-13-31-11-9-25/h6-7,16-18,27H,8-15,25H2,1-5H3,(H,26,28)/t17-,18?/m1/s1. The molecule has 32 heavy (non-hydrogen) atoms. The van der Waals surface area contributed by atoms with Crippen molar-refractivity contribution < 1.29 is 28.9 Å². The predicted octanol–water partition coefficient (Wildman–Crippen LogP) is 3.26.